The molecule has 0 unspecified atom stereocenters. The number of aromatic nitrogens is 4. The maximum Gasteiger partial charge on any atom is 0.306 e. The van der Waals surface area contributed by atoms with Gasteiger partial charge in [-0.15, -0.1) is 5.10 Å². The summed E-state index contributed by atoms with van der Waals surface area (Å²) in [6.45, 7) is 2.19. The van der Waals surface area contributed by atoms with Crippen LogP contribution in [0, 0.1) is 0 Å². The van der Waals surface area contributed by atoms with E-state index in [1.165, 1.54) is 0 Å². The van der Waals surface area contributed by atoms with E-state index in [0.29, 0.717) is 12.2 Å². The molecule has 1 heterocycles. The molecule has 0 bridgehead atoms. The Morgan fingerprint density at radius 3 is 2.80 bits per heavy atom. The van der Waals surface area contributed by atoms with Crippen LogP contribution >= 0.6 is 0 Å². The quantitative estimate of drug-likeness (QED) is 0.572. The lowest BCUT2D eigenvalue weighted by Gasteiger charge is -2.05. The number of para-hydroxylation sites is 1. The van der Waals surface area contributed by atoms with Crippen LogP contribution in [0.15, 0.2) is 30.3 Å². The second-order valence-electron chi connectivity index (χ2n) is 4.46. The zero-order valence-electron chi connectivity index (χ0n) is 11.5. The summed E-state index contributed by atoms with van der Waals surface area (Å²) in [4.78, 5) is 11.6. The molecule has 0 radical (unpaired) electrons. The first-order valence-corrected chi connectivity index (χ1v) is 6.79. The number of nitrogens with zero attached hydrogens (tertiary/aromatic N) is 4. The number of unbranched alkanes of at least 4 members (excludes halogenated alkanes) is 2. The van der Waals surface area contributed by atoms with Gasteiger partial charge in [-0.2, -0.15) is 4.68 Å². The fraction of sp³-hybridized carbons (Fsp3) is 0.429. The van der Waals surface area contributed by atoms with Gasteiger partial charge in [0.15, 0.2) is 12.4 Å². The predicted octanol–water partition coefficient (Wildman–Crippen LogP) is 2.29. The summed E-state index contributed by atoms with van der Waals surface area (Å²) < 4.78 is 6.76. The van der Waals surface area contributed by atoms with Gasteiger partial charge in [0.1, 0.15) is 0 Å². The Kier molecular flexibility index (Phi) is 5.23. The summed E-state index contributed by atoms with van der Waals surface area (Å²) in [5.74, 6) is 0.307. The number of hydrogen-bond donors (Lipinski definition) is 0. The minimum atomic E-state index is -0.207. The number of benzene rings is 1. The van der Waals surface area contributed by atoms with Gasteiger partial charge in [-0.3, -0.25) is 4.79 Å². The first-order valence-electron chi connectivity index (χ1n) is 6.79. The minimum Gasteiger partial charge on any atom is -0.457 e. The van der Waals surface area contributed by atoms with Crippen LogP contribution in [0.4, 0.5) is 0 Å². The Morgan fingerprint density at radius 1 is 1.25 bits per heavy atom. The molecule has 0 aliphatic carbocycles. The maximum absolute atomic E-state index is 11.6. The summed E-state index contributed by atoms with van der Waals surface area (Å²) in [6, 6.07) is 9.50. The number of carbonyl (C=O) groups excluding carboxylic acids is 1. The number of hydrogen-bond acceptors (Lipinski definition) is 5. The van der Waals surface area contributed by atoms with Gasteiger partial charge in [0, 0.05) is 6.42 Å². The standard InChI is InChI=1S/C14H18N4O2/c1-2-3-5-10-14(19)20-11-13-15-16-17-18(13)12-8-6-4-7-9-12/h4,6-9H,2-3,5,10-11H2,1H3. The Labute approximate surface area is 117 Å². The van der Waals surface area contributed by atoms with E-state index in [9.17, 15) is 4.79 Å². The summed E-state index contributed by atoms with van der Waals surface area (Å²) in [7, 11) is 0. The SMILES string of the molecule is CCCCCC(=O)OCc1nnnn1-c1ccccc1. The lowest BCUT2D eigenvalue weighted by molar-refractivity contribution is -0.145. The van der Waals surface area contributed by atoms with Crippen LogP contribution in [-0.2, 0) is 16.1 Å². The van der Waals surface area contributed by atoms with E-state index >= 15 is 0 Å². The van der Waals surface area contributed by atoms with Gasteiger partial charge in [0.05, 0.1) is 5.69 Å². The molecule has 0 aliphatic heterocycles. The molecule has 1 aromatic carbocycles. The molecule has 6 nitrogen and oxygen atoms in total. The van der Waals surface area contributed by atoms with Gasteiger partial charge in [0.25, 0.3) is 0 Å². The molecular weight excluding hydrogens is 256 g/mol. The Bertz CT molecular complexity index is 539. The third-order valence-corrected chi connectivity index (χ3v) is 2.88. The highest BCUT2D eigenvalue weighted by atomic mass is 16.5. The van der Waals surface area contributed by atoms with Crippen molar-refractivity contribution in [1.82, 2.24) is 20.2 Å². The van der Waals surface area contributed by atoms with Crippen molar-refractivity contribution in [3.05, 3.63) is 36.2 Å². The predicted molar refractivity (Wildman–Crippen MR) is 73.1 cm³/mol. The molecule has 106 valence electrons. The van der Waals surface area contributed by atoms with Gasteiger partial charge in [-0.05, 0) is 29.0 Å². The third-order valence-electron chi connectivity index (χ3n) is 2.88. The first kappa shape index (κ1) is 14.2. The zero-order valence-corrected chi connectivity index (χ0v) is 11.5. The number of ether oxygens (including phenoxy) is 1. The van der Waals surface area contributed by atoms with Crippen molar-refractivity contribution in [3.8, 4) is 5.69 Å². The van der Waals surface area contributed by atoms with E-state index in [4.69, 9.17) is 4.74 Å². The average molecular weight is 274 g/mol. The zero-order chi connectivity index (χ0) is 14.2. The lowest BCUT2D eigenvalue weighted by Crippen LogP contribution is -2.09. The topological polar surface area (TPSA) is 69.9 Å². The van der Waals surface area contributed by atoms with Crippen LogP contribution in [0.2, 0.25) is 0 Å². The van der Waals surface area contributed by atoms with Crippen LogP contribution in [0.25, 0.3) is 5.69 Å². The summed E-state index contributed by atoms with van der Waals surface area (Å²) in [5, 5.41) is 11.4. The van der Waals surface area contributed by atoms with Crippen LogP contribution in [-0.4, -0.2) is 26.2 Å². The molecule has 0 spiro atoms. The second kappa shape index (κ2) is 7.37. The van der Waals surface area contributed by atoms with Crippen LogP contribution < -0.4 is 0 Å². The maximum atomic E-state index is 11.6. The van der Waals surface area contributed by atoms with Crippen LogP contribution in [0.5, 0.6) is 0 Å². The fourth-order valence-electron chi connectivity index (χ4n) is 1.80. The highest BCUT2D eigenvalue weighted by molar-refractivity contribution is 5.69. The van der Waals surface area contributed by atoms with Crippen molar-refractivity contribution in [2.45, 2.75) is 39.2 Å². The van der Waals surface area contributed by atoms with E-state index in [0.717, 1.165) is 24.9 Å². The van der Waals surface area contributed by atoms with Gasteiger partial charge >= 0.3 is 5.97 Å². The smallest absolute Gasteiger partial charge is 0.306 e. The number of carbonyl (C=O) groups is 1. The van der Waals surface area contributed by atoms with E-state index in [2.05, 4.69) is 22.4 Å². The minimum absolute atomic E-state index is 0.0901. The molecule has 0 fully saturated rings. The van der Waals surface area contributed by atoms with Crippen molar-refractivity contribution >= 4 is 5.97 Å². The molecule has 20 heavy (non-hydrogen) atoms. The van der Waals surface area contributed by atoms with E-state index in [1.54, 1.807) is 4.68 Å². The van der Waals surface area contributed by atoms with Crippen molar-refractivity contribution in [2.75, 3.05) is 0 Å². The highest BCUT2D eigenvalue weighted by Gasteiger charge is 2.10. The van der Waals surface area contributed by atoms with Crippen molar-refractivity contribution in [1.29, 1.82) is 0 Å². The monoisotopic (exact) mass is 274 g/mol. The summed E-state index contributed by atoms with van der Waals surface area (Å²) >= 11 is 0. The van der Waals surface area contributed by atoms with Crippen LogP contribution in [0.3, 0.4) is 0 Å². The van der Waals surface area contributed by atoms with E-state index < -0.39 is 0 Å². The number of rotatable bonds is 7. The molecule has 0 amide bonds. The molecule has 2 aromatic rings. The van der Waals surface area contributed by atoms with Crippen molar-refractivity contribution < 1.29 is 9.53 Å². The normalized spacial score (nSPS) is 10.4. The van der Waals surface area contributed by atoms with Gasteiger partial charge < -0.3 is 4.74 Å². The first-order chi connectivity index (χ1) is 9.81. The Hall–Kier alpha value is -2.24. The molecule has 1 aromatic heterocycles. The van der Waals surface area contributed by atoms with Gasteiger partial charge in [-0.1, -0.05) is 38.0 Å². The van der Waals surface area contributed by atoms with Crippen molar-refractivity contribution in [2.24, 2.45) is 0 Å². The summed E-state index contributed by atoms with van der Waals surface area (Å²) in [5.41, 5.74) is 0.842. The van der Waals surface area contributed by atoms with E-state index in [1.807, 2.05) is 30.3 Å². The molecule has 0 N–H and O–H groups in total. The molecule has 0 saturated carbocycles. The summed E-state index contributed by atoms with van der Waals surface area (Å²) in [6.07, 6.45) is 3.43. The van der Waals surface area contributed by atoms with Crippen molar-refractivity contribution in [3.63, 3.8) is 0 Å². The van der Waals surface area contributed by atoms with Gasteiger partial charge in [0.2, 0.25) is 0 Å². The fourth-order valence-corrected chi connectivity index (χ4v) is 1.80. The highest BCUT2D eigenvalue weighted by Crippen LogP contribution is 2.08. The number of esters is 1. The molecule has 0 aliphatic rings. The third kappa shape index (κ3) is 3.88. The average Bonchev–Trinajstić information content (AvgIpc) is 2.95. The van der Waals surface area contributed by atoms with Crippen LogP contribution in [0.1, 0.15) is 38.4 Å². The molecule has 2 rings (SSSR count). The molecule has 0 saturated heterocycles. The largest absolute Gasteiger partial charge is 0.457 e. The van der Waals surface area contributed by atoms with Gasteiger partial charge in [-0.25, -0.2) is 0 Å². The molecule has 6 heteroatoms. The Balaban J connectivity index is 1.91. The second-order valence-corrected chi connectivity index (χ2v) is 4.46. The number of tetrazole rings is 1. The molecular formula is C14H18N4O2. The molecule has 0 atom stereocenters. The Morgan fingerprint density at radius 2 is 2.05 bits per heavy atom. The lowest BCUT2D eigenvalue weighted by atomic mass is 10.2. The van der Waals surface area contributed by atoms with E-state index in [-0.39, 0.29) is 12.6 Å².